The molecule has 1 fully saturated rings. The molecule has 0 unspecified atom stereocenters. The normalized spacial score (nSPS) is 16.1. The number of likely N-dealkylation sites (tertiary alicyclic amines) is 1. The first-order chi connectivity index (χ1) is 8.66. The van der Waals surface area contributed by atoms with Crippen LogP contribution in [0, 0.1) is 0 Å². The predicted molar refractivity (Wildman–Crippen MR) is 77.2 cm³/mol. The van der Waals surface area contributed by atoms with Gasteiger partial charge in [-0.25, -0.2) is 0 Å². The molecule has 2 nitrogen and oxygen atoms in total. The van der Waals surface area contributed by atoms with Gasteiger partial charge in [0.1, 0.15) is 0 Å². The SMILES string of the molecule is CC(C)Sc1ccc(C(=O)N2CCCCC2)cc1. The lowest BCUT2D eigenvalue weighted by Gasteiger charge is -2.26. The molecule has 1 aromatic carbocycles. The largest absolute Gasteiger partial charge is 0.339 e. The minimum absolute atomic E-state index is 0.191. The third-order valence-corrected chi connectivity index (χ3v) is 4.13. The summed E-state index contributed by atoms with van der Waals surface area (Å²) >= 11 is 1.83. The van der Waals surface area contributed by atoms with Gasteiger partial charge in [-0.3, -0.25) is 4.79 Å². The van der Waals surface area contributed by atoms with E-state index in [-0.39, 0.29) is 5.91 Å². The van der Waals surface area contributed by atoms with Gasteiger partial charge < -0.3 is 4.90 Å². The predicted octanol–water partition coefficient (Wildman–Crippen LogP) is 3.81. The lowest BCUT2D eigenvalue weighted by Crippen LogP contribution is -2.35. The van der Waals surface area contributed by atoms with Crippen molar-refractivity contribution in [1.29, 1.82) is 0 Å². The van der Waals surface area contributed by atoms with Gasteiger partial charge in [0.05, 0.1) is 0 Å². The molecule has 18 heavy (non-hydrogen) atoms. The number of thioether (sulfide) groups is 1. The summed E-state index contributed by atoms with van der Waals surface area (Å²) in [4.78, 5) is 15.5. The van der Waals surface area contributed by atoms with E-state index in [0.29, 0.717) is 5.25 Å². The van der Waals surface area contributed by atoms with Crippen LogP contribution in [0.15, 0.2) is 29.2 Å². The molecule has 0 N–H and O–H groups in total. The number of rotatable bonds is 3. The molecule has 1 aliphatic rings. The van der Waals surface area contributed by atoms with E-state index in [9.17, 15) is 4.79 Å². The average molecular weight is 263 g/mol. The number of amides is 1. The highest BCUT2D eigenvalue weighted by molar-refractivity contribution is 7.99. The van der Waals surface area contributed by atoms with Crippen LogP contribution in [-0.2, 0) is 0 Å². The van der Waals surface area contributed by atoms with Gasteiger partial charge in [-0.1, -0.05) is 13.8 Å². The summed E-state index contributed by atoms with van der Waals surface area (Å²) < 4.78 is 0. The molecule has 98 valence electrons. The van der Waals surface area contributed by atoms with Gasteiger partial charge in [0.15, 0.2) is 0 Å². The zero-order valence-corrected chi connectivity index (χ0v) is 12.0. The average Bonchev–Trinajstić information content (AvgIpc) is 2.39. The summed E-state index contributed by atoms with van der Waals surface area (Å²) in [6.07, 6.45) is 3.55. The number of carbonyl (C=O) groups excluding carboxylic acids is 1. The molecule has 0 atom stereocenters. The molecule has 0 aliphatic carbocycles. The Morgan fingerprint density at radius 2 is 1.72 bits per heavy atom. The van der Waals surface area contributed by atoms with E-state index >= 15 is 0 Å². The maximum absolute atomic E-state index is 12.3. The Kier molecular flexibility index (Phi) is 4.70. The highest BCUT2D eigenvalue weighted by Gasteiger charge is 2.17. The maximum atomic E-state index is 12.3. The number of piperidine rings is 1. The van der Waals surface area contributed by atoms with Crippen LogP contribution in [-0.4, -0.2) is 29.1 Å². The third kappa shape index (κ3) is 3.52. The van der Waals surface area contributed by atoms with E-state index in [1.807, 2.05) is 28.8 Å². The van der Waals surface area contributed by atoms with Gasteiger partial charge in [-0.05, 0) is 43.5 Å². The lowest BCUT2D eigenvalue weighted by atomic mass is 10.1. The minimum atomic E-state index is 0.191. The molecular weight excluding hydrogens is 242 g/mol. The van der Waals surface area contributed by atoms with Gasteiger partial charge >= 0.3 is 0 Å². The van der Waals surface area contributed by atoms with E-state index in [4.69, 9.17) is 0 Å². The summed E-state index contributed by atoms with van der Waals surface area (Å²) in [5.41, 5.74) is 0.824. The number of carbonyl (C=O) groups is 1. The van der Waals surface area contributed by atoms with Crippen molar-refractivity contribution < 1.29 is 4.79 Å². The van der Waals surface area contributed by atoms with Crippen molar-refractivity contribution in [2.24, 2.45) is 0 Å². The summed E-state index contributed by atoms with van der Waals surface area (Å²) in [6.45, 7) is 6.19. The summed E-state index contributed by atoms with van der Waals surface area (Å²) in [6, 6.07) is 8.03. The number of hydrogen-bond donors (Lipinski definition) is 0. The van der Waals surface area contributed by atoms with Crippen LogP contribution >= 0.6 is 11.8 Å². The van der Waals surface area contributed by atoms with Crippen LogP contribution in [0.2, 0.25) is 0 Å². The van der Waals surface area contributed by atoms with Crippen LogP contribution in [0.25, 0.3) is 0 Å². The van der Waals surface area contributed by atoms with Crippen molar-refractivity contribution in [2.45, 2.75) is 43.3 Å². The molecular formula is C15H21NOS. The van der Waals surface area contributed by atoms with E-state index in [1.165, 1.54) is 11.3 Å². The van der Waals surface area contributed by atoms with Crippen molar-refractivity contribution in [3.8, 4) is 0 Å². The molecule has 1 amide bonds. The smallest absolute Gasteiger partial charge is 0.253 e. The Balaban J connectivity index is 2.02. The second kappa shape index (κ2) is 6.28. The first-order valence-electron chi connectivity index (χ1n) is 6.73. The topological polar surface area (TPSA) is 20.3 Å². The molecule has 1 aromatic rings. The lowest BCUT2D eigenvalue weighted by molar-refractivity contribution is 0.0724. The maximum Gasteiger partial charge on any atom is 0.253 e. The van der Waals surface area contributed by atoms with Gasteiger partial charge in [0.2, 0.25) is 0 Å². The zero-order valence-electron chi connectivity index (χ0n) is 11.2. The quantitative estimate of drug-likeness (QED) is 0.773. The second-order valence-corrected chi connectivity index (χ2v) is 6.69. The number of nitrogens with zero attached hydrogens (tertiary/aromatic N) is 1. The fraction of sp³-hybridized carbons (Fsp3) is 0.533. The Morgan fingerprint density at radius 3 is 2.28 bits per heavy atom. The molecule has 2 rings (SSSR count). The third-order valence-electron chi connectivity index (χ3n) is 3.12. The van der Waals surface area contributed by atoms with Crippen molar-refractivity contribution in [3.63, 3.8) is 0 Å². The van der Waals surface area contributed by atoms with Gasteiger partial charge in [0.25, 0.3) is 5.91 Å². The van der Waals surface area contributed by atoms with Gasteiger partial charge in [-0.15, -0.1) is 11.8 Å². The Labute approximate surface area is 114 Å². The number of hydrogen-bond acceptors (Lipinski definition) is 2. The minimum Gasteiger partial charge on any atom is -0.339 e. The van der Waals surface area contributed by atoms with Crippen molar-refractivity contribution in [2.75, 3.05) is 13.1 Å². The molecule has 1 saturated heterocycles. The molecule has 0 radical (unpaired) electrons. The molecule has 1 aliphatic heterocycles. The monoisotopic (exact) mass is 263 g/mol. The highest BCUT2D eigenvalue weighted by Crippen LogP contribution is 2.23. The van der Waals surface area contributed by atoms with Gasteiger partial charge in [0, 0.05) is 28.8 Å². The van der Waals surface area contributed by atoms with E-state index in [1.54, 1.807) is 0 Å². The van der Waals surface area contributed by atoms with Crippen LogP contribution < -0.4 is 0 Å². The second-order valence-electron chi connectivity index (χ2n) is 5.04. The van der Waals surface area contributed by atoms with Crippen molar-refractivity contribution in [1.82, 2.24) is 4.90 Å². The Hall–Kier alpha value is -0.960. The fourth-order valence-electron chi connectivity index (χ4n) is 2.23. The first kappa shape index (κ1) is 13.5. The van der Waals surface area contributed by atoms with E-state index in [2.05, 4.69) is 26.0 Å². The highest BCUT2D eigenvalue weighted by atomic mass is 32.2. The van der Waals surface area contributed by atoms with Crippen LogP contribution in [0.4, 0.5) is 0 Å². The Morgan fingerprint density at radius 1 is 1.11 bits per heavy atom. The standard InChI is InChI=1S/C15H21NOS/c1-12(2)18-14-8-6-13(7-9-14)15(17)16-10-4-3-5-11-16/h6-9,12H,3-5,10-11H2,1-2H3. The van der Waals surface area contributed by atoms with Crippen molar-refractivity contribution in [3.05, 3.63) is 29.8 Å². The molecule has 1 heterocycles. The van der Waals surface area contributed by atoms with Gasteiger partial charge in [-0.2, -0.15) is 0 Å². The fourth-order valence-corrected chi connectivity index (χ4v) is 3.07. The summed E-state index contributed by atoms with van der Waals surface area (Å²) in [5, 5.41) is 0.577. The van der Waals surface area contributed by atoms with Crippen LogP contribution in [0.1, 0.15) is 43.5 Å². The molecule has 0 spiro atoms. The molecule has 3 heteroatoms. The zero-order chi connectivity index (χ0) is 13.0. The Bertz CT molecular complexity index is 393. The molecule has 0 saturated carbocycles. The first-order valence-corrected chi connectivity index (χ1v) is 7.61. The number of benzene rings is 1. The van der Waals surface area contributed by atoms with E-state index < -0.39 is 0 Å². The van der Waals surface area contributed by atoms with E-state index in [0.717, 1.165) is 31.5 Å². The summed E-state index contributed by atoms with van der Waals surface area (Å²) in [5.74, 6) is 0.191. The summed E-state index contributed by atoms with van der Waals surface area (Å²) in [7, 11) is 0. The molecule has 0 bridgehead atoms. The van der Waals surface area contributed by atoms with Crippen LogP contribution in [0.3, 0.4) is 0 Å². The van der Waals surface area contributed by atoms with Crippen LogP contribution in [0.5, 0.6) is 0 Å². The van der Waals surface area contributed by atoms with Crippen molar-refractivity contribution >= 4 is 17.7 Å². The molecule has 0 aromatic heterocycles.